The van der Waals surface area contributed by atoms with Crippen molar-refractivity contribution in [3.63, 3.8) is 0 Å². The van der Waals surface area contributed by atoms with Crippen LogP contribution in [-0.4, -0.2) is 18.0 Å². The molecule has 1 aromatic rings. The molecular weight excluding hydrogens is 238 g/mol. The van der Waals surface area contributed by atoms with E-state index in [-0.39, 0.29) is 5.91 Å². The second-order valence-electron chi connectivity index (χ2n) is 5.01. The molecule has 1 amide bonds. The van der Waals surface area contributed by atoms with Gasteiger partial charge in [-0.2, -0.15) is 5.26 Å². The molecule has 0 aliphatic carbocycles. The predicted octanol–water partition coefficient (Wildman–Crippen LogP) is 2.42. The smallest absolute Gasteiger partial charge is 0.244 e. The molecule has 0 spiro atoms. The van der Waals surface area contributed by atoms with Crippen LogP contribution < -0.4 is 10.6 Å². The van der Waals surface area contributed by atoms with Crippen molar-refractivity contribution < 1.29 is 4.79 Å². The van der Waals surface area contributed by atoms with E-state index < -0.39 is 5.54 Å². The lowest BCUT2D eigenvalue weighted by molar-refractivity contribution is -0.122. The summed E-state index contributed by atoms with van der Waals surface area (Å²) in [6.45, 7) is 2.98. The zero-order valence-corrected chi connectivity index (χ0v) is 11.2. The SMILES string of the molecule is CCCC1(C(=O)Nc2cccc(C#N)c2)CCCN1. The van der Waals surface area contributed by atoms with Gasteiger partial charge in [-0.1, -0.05) is 19.4 Å². The second kappa shape index (κ2) is 5.85. The van der Waals surface area contributed by atoms with Crippen molar-refractivity contribution in [1.29, 1.82) is 5.26 Å². The third-order valence-electron chi connectivity index (χ3n) is 3.60. The highest BCUT2D eigenvalue weighted by molar-refractivity contribution is 5.98. The monoisotopic (exact) mass is 257 g/mol. The molecule has 100 valence electrons. The van der Waals surface area contributed by atoms with Crippen LogP contribution in [0.2, 0.25) is 0 Å². The van der Waals surface area contributed by atoms with Crippen LogP contribution >= 0.6 is 0 Å². The largest absolute Gasteiger partial charge is 0.324 e. The molecule has 2 N–H and O–H groups in total. The summed E-state index contributed by atoms with van der Waals surface area (Å²) in [5, 5.41) is 15.1. The van der Waals surface area contributed by atoms with Crippen molar-refractivity contribution in [3.05, 3.63) is 29.8 Å². The number of nitrogens with zero attached hydrogens (tertiary/aromatic N) is 1. The Balaban J connectivity index is 2.13. The number of rotatable bonds is 4. The Morgan fingerprint density at radius 2 is 2.42 bits per heavy atom. The van der Waals surface area contributed by atoms with Crippen LogP contribution in [0.3, 0.4) is 0 Å². The molecule has 0 radical (unpaired) electrons. The van der Waals surface area contributed by atoms with Gasteiger partial charge < -0.3 is 10.6 Å². The number of carbonyl (C=O) groups is 1. The van der Waals surface area contributed by atoms with Gasteiger partial charge in [0.05, 0.1) is 17.2 Å². The Hall–Kier alpha value is -1.86. The van der Waals surface area contributed by atoms with Crippen molar-refractivity contribution in [1.82, 2.24) is 5.32 Å². The molecule has 1 atom stereocenters. The number of nitrogens with one attached hydrogen (secondary N) is 2. The van der Waals surface area contributed by atoms with Gasteiger partial charge >= 0.3 is 0 Å². The summed E-state index contributed by atoms with van der Waals surface area (Å²) in [7, 11) is 0. The Morgan fingerprint density at radius 3 is 3.05 bits per heavy atom. The maximum absolute atomic E-state index is 12.5. The van der Waals surface area contributed by atoms with E-state index in [1.54, 1.807) is 18.2 Å². The number of benzene rings is 1. The standard InChI is InChI=1S/C15H19N3O/c1-2-7-15(8-4-9-17-15)14(19)18-13-6-3-5-12(10-13)11-16/h3,5-6,10,17H,2,4,7-9H2,1H3,(H,18,19). The number of anilines is 1. The van der Waals surface area contributed by atoms with Crippen molar-refractivity contribution in [2.24, 2.45) is 0 Å². The van der Waals surface area contributed by atoms with E-state index in [1.807, 2.05) is 6.07 Å². The van der Waals surface area contributed by atoms with Crippen LogP contribution in [0.5, 0.6) is 0 Å². The fourth-order valence-electron chi connectivity index (χ4n) is 2.67. The van der Waals surface area contributed by atoms with Crippen LogP contribution in [0.25, 0.3) is 0 Å². The van der Waals surface area contributed by atoms with E-state index in [4.69, 9.17) is 5.26 Å². The summed E-state index contributed by atoms with van der Waals surface area (Å²) in [5.74, 6) is 0.0157. The van der Waals surface area contributed by atoms with Gasteiger partial charge in [-0.05, 0) is 44.0 Å². The predicted molar refractivity (Wildman–Crippen MR) is 74.7 cm³/mol. The van der Waals surface area contributed by atoms with Crippen LogP contribution in [0.4, 0.5) is 5.69 Å². The molecule has 0 aromatic heterocycles. The number of amides is 1. The molecule has 1 fully saturated rings. The van der Waals surface area contributed by atoms with Crippen molar-refractivity contribution in [2.75, 3.05) is 11.9 Å². The first-order valence-corrected chi connectivity index (χ1v) is 6.77. The molecule has 1 aliphatic heterocycles. The average Bonchev–Trinajstić information content (AvgIpc) is 2.89. The summed E-state index contributed by atoms with van der Waals surface area (Å²) in [4.78, 5) is 12.5. The van der Waals surface area contributed by atoms with Gasteiger partial charge in [-0.15, -0.1) is 0 Å². The van der Waals surface area contributed by atoms with Gasteiger partial charge in [-0.25, -0.2) is 0 Å². The molecule has 0 saturated carbocycles. The second-order valence-corrected chi connectivity index (χ2v) is 5.01. The van der Waals surface area contributed by atoms with Crippen LogP contribution in [0, 0.1) is 11.3 Å². The fraction of sp³-hybridized carbons (Fsp3) is 0.467. The Labute approximate surface area is 113 Å². The number of nitriles is 1. The van der Waals surface area contributed by atoms with Crippen LogP contribution in [0.15, 0.2) is 24.3 Å². The minimum atomic E-state index is -0.433. The van der Waals surface area contributed by atoms with Crippen molar-refractivity contribution in [2.45, 2.75) is 38.1 Å². The zero-order chi connectivity index (χ0) is 13.7. The number of carbonyl (C=O) groups excluding carboxylic acids is 1. The first-order chi connectivity index (χ1) is 9.20. The third-order valence-corrected chi connectivity index (χ3v) is 3.60. The van der Waals surface area contributed by atoms with Crippen molar-refractivity contribution in [3.8, 4) is 6.07 Å². The number of hydrogen-bond acceptors (Lipinski definition) is 3. The highest BCUT2D eigenvalue weighted by Crippen LogP contribution is 2.26. The highest BCUT2D eigenvalue weighted by Gasteiger charge is 2.39. The quantitative estimate of drug-likeness (QED) is 0.870. The van der Waals surface area contributed by atoms with E-state index in [0.29, 0.717) is 11.3 Å². The first kappa shape index (κ1) is 13.6. The van der Waals surface area contributed by atoms with Gasteiger partial charge in [0.25, 0.3) is 0 Å². The van der Waals surface area contributed by atoms with Gasteiger partial charge in [-0.3, -0.25) is 4.79 Å². The molecule has 1 saturated heterocycles. The molecule has 19 heavy (non-hydrogen) atoms. The maximum Gasteiger partial charge on any atom is 0.244 e. The fourth-order valence-corrected chi connectivity index (χ4v) is 2.67. The van der Waals surface area contributed by atoms with Crippen LogP contribution in [0.1, 0.15) is 38.2 Å². The molecule has 1 aliphatic rings. The topological polar surface area (TPSA) is 64.9 Å². The zero-order valence-electron chi connectivity index (χ0n) is 11.2. The van der Waals surface area contributed by atoms with Gasteiger partial charge in [0.2, 0.25) is 5.91 Å². The molecule has 0 bridgehead atoms. The van der Waals surface area contributed by atoms with E-state index >= 15 is 0 Å². The van der Waals surface area contributed by atoms with E-state index in [2.05, 4.69) is 23.6 Å². The lowest BCUT2D eigenvalue weighted by atomic mass is 9.90. The Bertz CT molecular complexity index is 498. The van der Waals surface area contributed by atoms with Gasteiger partial charge in [0.15, 0.2) is 0 Å². The Kier molecular flexibility index (Phi) is 4.18. The molecular formula is C15H19N3O. The van der Waals surface area contributed by atoms with E-state index in [9.17, 15) is 4.79 Å². The summed E-state index contributed by atoms with van der Waals surface area (Å²) in [5.41, 5.74) is 0.812. The highest BCUT2D eigenvalue weighted by atomic mass is 16.2. The van der Waals surface area contributed by atoms with E-state index in [0.717, 1.165) is 32.2 Å². The lowest BCUT2D eigenvalue weighted by Crippen LogP contribution is -2.50. The summed E-state index contributed by atoms with van der Waals surface area (Å²) < 4.78 is 0. The third kappa shape index (κ3) is 2.94. The average molecular weight is 257 g/mol. The number of hydrogen-bond donors (Lipinski definition) is 2. The van der Waals surface area contributed by atoms with E-state index in [1.165, 1.54) is 0 Å². The molecule has 1 heterocycles. The Morgan fingerprint density at radius 1 is 1.58 bits per heavy atom. The van der Waals surface area contributed by atoms with Gasteiger partial charge in [0.1, 0.15) is 0 Å². The molecule has 1 aromatic carbocycles. The molecule has 2 rings (SSSR count). The van der Waals surface area contributed by atoms with Gasteiger partial charge in [0, 0.05) is 5.69 Å². The maximum atomic E-state index is 12.5. The minimum absolute atomic E-state index is 0.0157. The molecule has 4 nitrogen and oxygen atoms in total. The molecule has 1 unspecified atom stereocenters. The van der Waals surface area contributed by atoms with Crippen molar-refractivity contribution >= 4 is 11.6 Å². The van der Waals surface area contributed by atoms with Crippen LogP contribution in [-0.2, 0) is 4.79 Å². The normalized spacial score (nSPS) is 21.9. The summed E-state index contributed by atoms with van der Waals surface area (Å²) in [6.07, 6.45) is 3.73. The lowest BCUT2D eigenvalue weighted by Gasteiger charge is -2.27. The summed E-state index contributed by atoms with van der Waals surface area (Å²) >= 11 is 0. The minimum Gasteiger partial charge on any atom is -0.324 e. The first-order valence-electron chi connectivity index (χ1n) is 6.77. The summed E-state index contributed by atoms with van der Waals surface area (Å²) in [6, 6.07) is 9.10. The molecule has 4 heteroatoms.